The van der Waals surface area contributed by atoms with Gasteiger partial charge in [-0.1, -0.05) is 60.1 Å². The van der Waals surface area contributed by atoms with Crippen LogP contribution in [0, 0.1) is 50.7 Å². The number of rotatable bonds is 7. The maximum atomic E-state index is 14.2. The molecule has 8 atom stereocenters. The SMILES string of the molecule is CC(C)C1=C2[C@H]3CCC4[C@@]5(C)CC[C@H](OC(=O)CC(C)(C)C(=O)O)C(C)(C)C5CC[C@@]4(C)[C@]3(C)CC[C@@]2(c2nnc(-c3ccc(Cl)cn3)n2C)CC1=O. The van der Waals surface area contributed by atoms with Gasteiger partial charge >= 0.3 is 11.9 Å². The topological polar surface area (TPSA) is 124 Å². The van der Waals surface area contributed by atoms with Gasteiger partial charge in [0.15, 0.2) is 11.6 Å². The van der Waals surface area contributed by atoms with Crippen LogP contribution in [0.15, 0.2) is 29.5 Å². The number of esters is 1. The zero-order valence-corrected chi connectivity index (χ0v) is 34.2. The van der Waals surface area contributed by atoms with Crippen molar-refractivity contribution in [2.45, 2.75) is 138 Å². The maximum Gasteiger partial charge on any atom is 0.309 e. The van der Waals surface area contributed by atoms with E-state index in [0.717, 1.165) is 62.8 Å². The van der Waals surface area contributed by atoms with Crippen molar-refractivity contribution in [2.24, 2.45) is 57.8 Å². The third-order valence-electron chi connectivity index (χ3n) is 16.1. The lowest BCUT2D eigenvalue weighted by atomic mass is 9.33. The number of carboxylic acid groups (broad SMARTS) is 1. The molecule has 0 spiro atoms. The average molecular weight is 747 g/mol. The van der Waals surface area contributed by atoms with E-state index in [1.54, 1.807) is 20.0 Å². The number of ether oxygens (including phenoxy) is 1. The van der Waals surface area contributed by atoms with Crippen LogP contribution in [0.25, 0.3) is 11.5 Å². The van der Waals surface area contributed by atoms with Crippen molar-refractivity contribution in [3.05, 3.63) is 40.3 Å². The van der Waals surface area contributed by atoms with Crippen molar-refractivity contribution in [2.75, 3.05) is 0 Å². The lowest BCUT2D eigenvalue weighted by Gasteiger charge is -2.72. The van der Waals surface area contributed by atoms with Crippen molar-refractivity contribution in [1.29, 1.82) is 0 Å². The first-order valence-electron chi connectivity index (χ1n) is 19.9. The van der Waals surface area contributed by atoms with Crippen molar-refractivity contribution < 1.29 is 24.2 Å². The van der Waals surface area contributed by atoms with Gasteiger partial charge in [-0.25, -0.2) is 0 Å². The summed E-state index contributed by atoms with van der Waals surface area (Å²) in [5.41, 5.74) is 1.27. The summed E-state index contributed by atoms with van der Waals surface area (Å²) in [6.07, 6.45) is 9.59. The zero-order chi connectivity index (χ0) is 38.7. The fraction of sp³-hybridized carbons (Fsp3) is 0.721. The van der Waals surface area contributed by atoms with Crippen molar-refractivity contribution in [1.82, 2.24) is 19.7 Å². The number of aromatic nitrogens is 4. The summed E-state index contributed by atoms with van der Waals surface area (Å²) >= 11 is 6.17. The number of allylic oxidation sites excluding steroid dienone is 2. The number of carboxylic acids is 1. The van der Waals surface area contributed by atoms with E-state index in [-0.39, 0.29) is 51.8 Å². The normalized spacial score (nSPS) is 36.4. The summed E-state index contributed by atoms with van der Waals surface area (Å²) in [6, 6.07) is 3.70. The van der Waals surface area contributed by atoms with Gasteiger partial charge in [-0.2, -0.15) is 0 Å². The second kappa shape index (κ2) is 12.5. The Morgan fingerprint density at radius 1 is 0.981 bits per heavy atom. The van der Waals surface area contributed by atoms with Gasteiger partial charge in [0.25, 0.3) is 0 Å². The summed E-state index contributed by atoms with van der Waals surface area (Å²) < 4.78 is 8.25. The third-order valence-corrected chi connectivity index (χ3v) is 16.3. The Balaban J connectivity index is 1.22. The molecule has 0 bridgehead atoms. The quantitative estimate of drug-likeness (QED) is 0.278. The molecule has 4 fully saturated rings. The Labute approximate surface area is 320 Å². The molecule has 5 aliphatic rings. The number of aliphatic carboxylic acids is 1. The second-order valence-electron chi connectivity index (χ2n) is 19.8. The molecule has 2 unspecified atom stereocenters. The molecule has 2 aromatic rings. The summed E-state index contributed by atoms with van der Waals surface area (Å²) in [4.78, 5) is 43.7. The van der Waals surface area contributed by atoms with Crippen LogP contribution in [0.4, 0.5) is 0 Å². The van der Waals surface area contributed by atoms with E-state index >= 15 is 0 Å². The minimum atomic E-state index is -1.17. The summed E-state index contributed by atoms with van der Waals surface area (Å²) in [6.45, 7) is 19.7. The molecule has 10 heteroatoms. The highest BCUT2D eigenvalue weighted by Gasteiger charge is 2.71. The number of halogens is 1. The number of pyridine rings is 1. The molecule has 0 saturated heterocycles. The standard InChI is InChI=1S/C43H59ClN4O5/c1-24(2)33-28(49)21-43(36-47-46-35(48(36)10)27-13-11-25(44)23-45-27)20-19-41(8)26(34(33)43)12-14-30-40(7)17-16-31(53-32(50)22-38(3,4)37(51)52)39(5,6)29(40)15-18-42(30,41)9/h11,13,23-24,26,29-31H,12,14-22H2,1-10H3,(H,51,52)/t26-,29?,30?,31+,40+,41-,42-,43-/m1/s1. The monoisotopic (exact) mass is 746 g/mol. The van der Waals surface area contributed by atoms with Crippen molar-refractivity contribution in [3.8, 4) is 11.5 Å². The Hall–Kier alpha value is -3.07. The van der Waals surface area contributed by atoms with Crippen LogP contribution >= 0.6 is 11.6 Å². The number of carbonyl (C=O) groups excluding carboxylic acids is 2. The second-order valence-corrected chi connectivity index (χ2v) is 20.2. The van der Waals surface area contributed by atoms with Crippen LogP contribution < -0.4 is 0 Å². The largest absolute Gasteiger partial charge is 0.481 e. The van der Waals surface area contributed by atoms with Crippen molar-refractivity contribution in [3.63, 3.8) is 0 Å². The highest BCUT2D eigenvalue weighted by molar-refractivity contribution is 6.30. The first-order valence-corrected chi connectivity index (χ1v) is 20.2. The fourth-order valence-corrected chi connectivity index (χ4v) is 13.3. The molecule has 288 valence electrons. The lowest BCUT2D eigenvalue weighted by Crippen LogP contribution is -2.66. The Bertz CT molecular complexity index is 1880. The lowest BCUT2D eigenvalue weighted by molar-refractivity contribution is -0.232. The molecule has 2 aromatic heterocycles. The predicted molar refractivity (Wildman–Crippen MR) is 204 cm³/mol. The molecule has 0 aromatic carbocycles. The molecule has 9 nitrogen and oxygen atoms in total. The molecule has 2 heterocycles. The highest BCUT2D eigenvalue weighted by Crippen LogP contribution is 2.76. The number of ketones is 1. The Morgan fingerprint density at radius 3 is 2.34 bits per heavy atom. The van der Waals surface area contributed by atoms with Gasteiger partial charge in [0.1, 0.15) is 17.6 Å². The molecular weight excluding hydrogens is 688 g/mol. The molecule has 7 rings (SSSR count). The summed E-state index contributed by atoms with van der Waals surface area (Å²) in [5.74, 6) is 1.64. The highest BCUT2D eigenvalue weighted by atomic mass is 35.5. The zero-order valence-electron chi connectivity index (χ0n) is 33.4. The summed E-state index contributed by atoms with van der Waals surface area (Å²) in [7, 11) is 2.02. The van der Waals surface area contributed by atoms with Crippen LogP contribution in [-0.4, -0.2) is 48.7 Å². The van der Waals surface area contributed by atoms with E-state index in [4.69, 9.17) is 21.4 Å². The van der Waals surface area contributed by atoms with Gasteiger partial charge in [-0.3, -0.25) is 19.4 Å². The first-order chi connectivity index (χ1) is 24.6. The van der Waals surface area contributed by atoms with E-state index in [1.807, 2.05) is 19.2 Å². The van der Waals surface area contributed by atoms with Crippen LogP contribution in [0.2, 0.25) is 5.02 Å². The smallest absolute Gasteiger partial charge is 0.309 e. The molecule has 1 N–H and O–H groups in total. The first kappa shape index (κ1) is 38.2. The predicted octanol–water partition coefficient (Wildman–Crippen LogP) is 9.18. The van der Waals surface area contributed by atoms with Gasteiger partial charge in [0, 0.05) is 25.1 Å². The van der Waals surface area contributed by atoms with Crippen LogP contribution in [0.3, 0.4) is 0 Å². The van der Waals surface area contributed by atoms with Crippen LogP contribution in [0.5, 0.6) is 0 Å². The van der Waals surface area contributed by atoms with E-state index in [1.165, 1.54) is 5.57 Å². The number of fused-ring (bicyclic) bond motifs is 7. The van der Waals surface area contributed by atoms with Crippen LogP contribution in [0.1, 0.15) is 132 Å². The minimum absolute atomic E-state index is 0.0114. The number of Topliss-reactive ketones (excluding diaryl/α,β-unsaturated/α-hetero) is 1. The maximum absolute atomic E-state index is 14.2. The molecule has 0 aliphatic heterocycles. The average Bonchev–Trinajstić information content (AvgIpc) is 3.60. The summed E-state index contributed by atoms with van der Waals surface area (Å²) in [5, 5.41) is 19.8. The van der Waals surface area contributed by atoms with Crippen molar-refractivity contribution >= 4 is 29.3 Å². The minimum Gasteiger partial charge on any atom is -0.481 e. The number of hydrogen-bond acceptors (Lipinski definition) is 7. The van der Waals surface area contributed by atoms with Crippen LogP contribution in [-0.2, 0) is 31.6 Å². The molecule has 0 radical (unpaired) electrons. The van der Waals surface area contributed by atoms with Gasteiger partial charge < -0.3 is 14.4 Å². The van der Waals surface area contributed by atoms with Gasteiger partial charge in [-0.05, 0) is 128 Å². The number of nitrogens with zero attached hydrogens (tertiary/aromatic N) is 4. The molecule has 0 amide bonds. The van der Waals surface area contributed by atoms with E-state index in [2.05, 4.69) is 63.1 Å². The van der Waals surface area contributed by atoms with Gasteiger partial charge in [-0.15, -0.1) is 10.2 Å². The molecule has 53 heavy (non-hydrogen) atoms. The van der Waals surface area contributed by atoms with Gasteiger partial charge in [0.05, 0.1) is 22.3 Å². The van der Waals surface area contributed by atoms with E-state index in [9.17, 15) is 19.5 Å². The fourth-order valence-electron chi connectivity index (χ4n) is 13.2. The third kappa shape index (κ3) is 5.43. The Morgan fingerprint density at radius 2 is 1.70 bits per heavy atom. The van der Waals surface area contributed by atoms with E-state index < -0.39 is 22.8 Å². The number of carbonyl (C=O) groups is 3. The van der Waals surface area contributed by atoms with E-state index in [0.29, 0.717) is 34.8 Å². The Kier molecular flexibility index (Phi) is 8.99. The molecule has 5 aliphatic carbocycles. The van der Waals surface area contributed by atoms with Gasteiger partial charge in [0.2, 0.25) is 0 Å². The number of hydrogen-bond donors (Lipinski definition) is 1. The molecular formula is C43H59ClN4O5. The molecule has 4 saturated carbocycles.